The van der Waals surface area contributed by atoms with Crippen LogP contribution in [0.5, 0.6) is 0 Å². The minimum absolute atomic E-state index is 0.0504. The summed E-state index contributed by atoms with van der Waals surface area (Å²) in [5.41, 5.74) is 6.62. The van der Waals surface area contributed by atoms with Crippen LogP contribution in [0.2, 0.25) is 58.9 Å². The van der Waals surface area contributed by atoms with Crippen molar-refractivity contribution in [3.05, 3.63) is 52.8 Å². The normalized spacial score (nSPS) is 35.3. The molecule has 0 N–H and O–H groups in total. The van der Waals surface area contributed by atoms with Gasteiger partial charge in [-0.2, -0.15) is 0 Å². The molecule has 1 aromatic carbocycles. The summed E-state index contributed by atoms with van der Waals surface area (Å²) in [5, 5.41) is 0. The molecule has 2 unspecified atom stereocenters. The zero-order chi connectivity index (χ0) is 33.5. The first kappa shape index (κ1) is 34.7. The molecule has 7 heteroatoms. The number of hydrogen-bond acceptors (Lipinski definition) is 4. The highest BCUT2D eigenvalue weighted by atomic mass is 28.4. The second-order valence-electron chi connectivity index (χ2n) is 19.2. The van der Waals surface area contributed by atoms with E-state index >= 15 is 0 Å². The standard InChI is InChI=1S/C39H65NO3Si3/c1-37-27-34-32-17-15-30(40(2)3)24-28(32)26-38-21-18-31(42-45(7,8)9)25-29(38)14-16-33(36(34)38)35(37)19-22-39(37,43-46(10,11)12)20-13-23-41-44(4,5)6/h15,17-18,24-25,33-36H,13-14,16,19-23,26-27H2,1-12H3/t33-,34?,35+,36?,37-,38+,39+/m0/s1. The lowest BCUT2D eigenvalue weighted by atomic mass is 9.40. The summed E-state index contributed by atoms with van der Waals surface area (Å²) in [4.78, 5) is 2.29. The van der Waals surface area contributed by atoms with Crippen LogP contribution in [0.15, 0.2) is 41.7 Å². The first-order valence-corrected chi connectivity index (χ1v) is 28.7. The smallest absolute Gasteiger partial charge is 0.242 e. The van der Waals surface area contributed by atoms with E-state index in [9.17, 15) is 0 Å². The molecule has 0 bridgehead atoms. The van der Waals surface area contributed by atoms with Gasteiger partial charge in [0.05, 0.1) is 11.4 Å². The maximum atomic E-state index is 7.57. The van der Waals surface area contributed by atoms with Crippen molar-refractivity contribution in [3.8, 4) is 0 Å². The summed E-state index contributed by atoms with van der Waals surface area (Å²) in [6, 6.07) is 7.48. The number of fused-ring (bicyclic) bond motifs is 4. The highest BCUT2D eigenvalue weighted by molar-refractivity contribution is 6.70. The van der Waals surface area contributed by atoms with Crippen molar-refractivity contribution in [2.45, 2.75) is 135 Å². The van der Waals surface area contributed by atoms with Crippen LogP contribution in [0.1, 0.15) is 75.3 Å². The second-order valence-corrected chi connectivity index (χ2v) is 32.6. The molecule has 5 aliphatic carbocycles. The fourth-order valence-corrected chi connectivity index (χ4v) is 14.4. The van der Waals surface area contributed by atoms with Crippen molar-refractivity contribution >= 4 is 30.6 Å². The van der Waals surface area contributed by atoms with Crippen LogP contribution < -0.4 is 4.90 Å². The average Bonchev–Trinajstić information content (AvgIpc) is 3.19. The fraction of sp³-hybridized carbons (Fsp3) is 0.744. The highest BCUT2D eigenvalue weighted by Crippen LogP contribution is 2.74. The van der Waals surface area contributed by atoms with E-state index in [1.807, 2.05) is 0 Å². The van der Waals surface area contributed by atoms with E-state index in [2.05, 4.69) is 115 Å². The largest absolute Gasteiger partial charge is 0.545 e. The lowest BCUT2D eigenvalue weighted by Gasteiger charge is -2.65. The number of rotatable bonds is 10. The summed E-state index contributed by atoms with van der Waals surface area (Å²) < 4.78 is 20.6. The van der Waals surface area contributed by atoms with Crippen LogP contribution >= 0.6 is 0 Å². The molecule has 0 radical (unpaired) electrons. The topological polar surface area (TPSA) is 30.9 Å². The van der Waals surface area contributed by atoms with Gasteiger partial charge in [-0.05, 0) is 181 Å². The van der Waals surface area contributed by atoms with Gasteiger partial charge in [0.2, 0.25) is 8.32 Å². The molecule has 0 amide bonds. The first-order chi connectivity index (χ1) is 21.3. The quantitative estimate of drug-likeness (QED) is 0.182. The monoisotopic (exact) mass is 679 g/mol. The van der Waals surface area contributed by atoms with E-state index in [0.29, 0.717) is 11.8 Å². The van der Waals surface area contributed by atoms with Crippen molar-refractivity contribution in [1.29, 1.82) is 0 Å². The third kappa shape index (κ3) is 6.23. The maximum absolute atomic E-state index is 7.57. The van der Waals surface area contributed by atoms with Gasteiger partial charge in [-0.25, -0.2) is 0 Å². The summed E-state index contributed by atoms with van der Waals surface area (Å²) in [6.45, 7) is 24.8. The Balaban J connectivity index is 1.43. The Labute approximate surface area is 285 Å². The molecule has 3 fully saturated rings. The molecule has 6 rings (SSSR count). The number of anilines is 1. The Morgan fingerprint density at radius 1 is 0.935 bits per heavy atom. The van der Waals surface area contributed by atoms with Gasteiger partial charge in [0.15, 0.2) is 16.6 Å². The third-order valence-electron chi connectivity index (χ3n) is 12.5. The molecule has 7 atom stereocenters. The van der Waals surface area contributed by atoms with Crippen molar-refractivity contribution < 1.29 is 13.3 Å². The van der Waals surface area contributed by atoms with E-state index in [1.165, 1.54) is 44.2 Å². The second kappa shape index (κ2) is 11.7. The van der Waals surface area contributed by atoms with E-state index in [4.69, 9.17) is 13.3 Å². The third-order valence-corrected chi connectivity index (χ3v) is 15.4. The number of benzene rings is 1. The van der Waals surface area contributed by atoms with E-state index in [0.717, 1.165) is 43.5 Å². The van der Waals surface area contributed by atoms with Gasteiger partial charge in [-0.15, -0.1) is 0 Å². The van der Waals surface area contributed by atoms with Crippen LogP contribution in [0.3, 0.4) is 0 Å². The van der Waals surface area contributed by atoms with Crippen molar-refractivity contribution in [2.75, 3.05) is 25.6 Å². The lowest BCUT2D eigenvalue weighted by Crippen LogP contribution is -2.61. The molecule has 1 spiro atoms. The average molecular weight is 680 g/mol. The molecule has 46 heavy (non-hydrogen) atoms. The predicted octanol–water partition coefficient (Wildman–Crippen LogP) is 10.5. The van der Waals surface area contributed by atoms with Gasteiger partial charge in [-0.1, -0.05) is 18.6 Å². The van der Waals surface area contributed by atoms with Crippen LogP contribution in [-0.2, 0) is 19.7 Å². The highest BCUT2D eigenvalue weighted by Gasteiger charge is 2.69. The zero-order valence-electron chi connectivity index (χ0n) is 31.4. The van der Waals surface area contributed by atoms with Crippen LogP contribution in [-0.4, -0.2) is 51.3 Å². The van der Waals surface area contributed by atoms with Gasteiger partial charge in [0, 0.05) is 31.8 Å². The molecule has 0 aliphatic heterocycles. The van der Waals surface area contributed by atoms with Crippen LogP contribution in [0, 0.1) is 28.6 Å². The molecule has 0 saturated heterocycles. The van der Waals surface area contributed by atoms with Crippen molar-refractivity contribution in [1.82, 2.24) is 0 Å². The predicted molar refractivity (Wildman–Crippen MR) is 202 cm³/mol. The summed E-state index contributed by atoms with van der Waals surface area (Å²) in [7, 11) is -0.634. The van der Waals surface area contributed by atoms with Crippen LogP contribution in [0.4, 0.5) is 5.69 Å². The van der Waals surface area contributed by atoms with Crippen molar-refractivity contribution in [3.63, 3.8) is 0 Å². The Hall–Kier alpha value is -1.13. The number of nitrogens with zero attached hydrogens (tertiary/aromatic N) is 1. The fourth-order valence-electron chi connectivity index (χ4n) is 11.2. The molecule has 0 aromatic heterocycles. The Morgan fingerprint density at radius 3 is 2.33 bits per heavy atom. The molecule has 1 aromatic rings. The summed E-state index contributed by atoms with van der Waals surface area (Å²) >= 11 is 0. The summed E-state index contributed by atoms with van der Waals surface area (Å²) in [6.07, 6.45) is 15.9. The van der Waals surface area contributed by atoms with E-state index < -0.39 is 25.0 Å². The summed E-state index contributed by atoms with van der Waals surface area (Å²) in [5.74, 6) is 3.91. The molecular weight excluding hydrogens is 615 g/mol. The minimum Gasteiger partial charge on any atom is -0.545 e. The van der Waals surface area contributed by atoms with Gasteiger partial charge in [0.25, 0.3) is 0 Å². The molecule has 3 saturated carbocycles. The Kier molecular flexibility index (Phi) is 8.86. The molecular formula is C39H65NO3Si3. The van der Waals surface area contributed by atoms with Gasteiger partial charge in [0.1, 0.15) is 0 Å². The maximum Gasteiger partial charge on any atom is 0.242 e. The number of hydrogen-bond donors (Lipinski definition) is 0. The van der Waals surface area contributed by atoms with Gasteiger partial charge >= 0.3 is 0 Å². The molecule has 0 heterocycles. The number of allylic oxidation sites excluding steroid dienone is 3. The molecule has 5 aliphatic rings. The van der Waals surface area contributed by atoms with Gasteiger partial charge in [-0.3, -0.25) is 0 Å². The SMILES string of the molecule is CN(C)c1ccc2c(c1)C[C@]13CC=C(O[Si](C)(C)C)C=C1CC[C@@H]1C3C2C[C@@]2(C)[C@@H]1CC[C@@]2(CCCO[Si](C)(C)C)O[Si](C)(C)C. The Morgan fingerprint density at radius 2 is 1.67 bits per heavy atom. The van der Waals surface area contributed by atoms with E-state index in [1.54, 1.807) is 16.7 Å². The van der Waals surface area contributed by atoms with E-state index in [-0.39, 0.29) is 16.4 Å². The van der Waals surface area contributed by atoms with Gasteiger partial charge < -0.3 is 18.2 Å². The van der Waals surface area contributed by atoms with Crippen molar-refractivity contribution in [2.24, 2.45) is 28.6 Å². The molecule has 256 valence electrons. The zero-order valence-corrected chi connectivity index (χ0v) is 34.4. The van der Waals surface area contributed by atoms with Crippen LogP contribution in [0.25, 0.3) is 0 Å². The molecule has 4 nitrogen and oxygen atoms in total. The first-order valence-electron chi connectivity index (χ1n) is 18.5. The Bertz CT molecular complexity index is 1380. The lowest BCUT2D eigenvalue weighted by molar-refractivity contribution is -0.134. The minimum atomic E-state index is -1.80.